The summed E-state index contributed by atoms with van der Waals surface area (Å²) in [6.45, 7) is 6.98. The fourth-order valence-electron chi connectivity index (χ4n) is 1.33. The Hall–Kier alpha value is -0.0151. The van der Waals surface area contributed by atoms with Crippen molar-refractivity contribution in [2.45, 2.75) is 46.0 Å². The van der Waals surface area contributed by atoms with E-state index in [2.05, 4.69) is 13.8 Å². The first-order valence-electron chi connectivity index (χ1n) is 5.62. The molecule has 0 bridgehead atoms. The lowest BCUT2D eigenvalue weighted by Gasteiger charge is -2.14. The van der Waals surface area contributed by atoms with Crippen LogP contribution in [0.5, 0.6) is 0 Å². The second-order valence-electron chi connectivity index (χ2n) is 3.63. The van der Waals surface area contributed by atoms with Crippen LogP contribution in [0.2, 0.25) is 0 Å². The van der Waals surface area contributed by atoms with Gasteiger partial charge in [-0.25, -0.2) is 0 Å². The Morgan fingerprint density at radius 2 is 1.93 bits per heavy atom. The van der Waals surface area contributed by atoms with Gasteiger partial charge in [0.25, 0.3) is 0 Å². The van der Waals surface area contributed by atoms with E-state index in [0.29, 0.717) is 0 Å². The van der Waals surface area contributed by atoms with Crippen LogP contribution in [0, 0.1) is 5.92 Å². The van der Waals surface area contributed by atoms with Crippen LogP contribution in [0.3, 0.4) is 0 Å². The molecule has 0 radical (unpaired) electrons. The van der Waals surface area contributed by atoms with Crippen molar-refractivity contribution in [1.29, 1.82) is 0 Å². The summed E-state index contributed by atoms with van der Waals surface area (Å²) in [5, 5.41) is 0. The minimum absolute atomic E-state index is 0. The van der Waals surface area contributed by atoms with Crippen molar-refractivity contribution in [2.75, 3.05) is 19.8 Å². The van der Waals surface area contributed by atoms with Crippen molar-refractivity contribution in [2.24, 2.45) is 11.7 Å². The lowest BCUT2D eigenvalue weighted by atomic mass is 10.0. The van der Waals surface area contributed by atoms with Gasteiger partial charge in [0, 0.05) is 13.2 Å². The molecule has 0 aliphatic carbocycles. The summed E-state index contributed by atoms with van der Waals surface area (Å²) in [5.74, 6) is 0.762. The summed E-state index contributed by atoms with van der Waals surface area (Å²) in [5.41, 5.74) is 5.38. The van der Waals surface area contributed by atoms with Crippen LogP contribution in [0.15, 0.2) is 0 Å². The molecule has 0 aromatic carbocycles. The molecule has 2 N–H and O–H groups in total. The Bertz CT molecular complexity index is 101. The van der Waals surface area contributed by atoms with Gasteiger partial charge in [0.2, 0.25) is 0 Å². The van der Waals surface area contributed by atoms with Gasteiger partial charge in [-0.2, -0.15) is 0 Å². The third-order valence-corrected chi connectivity index (χ3v) is 2.39. The Labute approximate surface area is 91.2 Å². The molecule has 0 aromatic rings. The molecule has 0 saturated carbocycles. The summed E-state index contributed by atoms with van der Waals surface area (Å²) < 4.78 is 5.54. The predicted molar refractivity (Wildman–Crippen MR) is 67.7 cm³/mol. The van der Waals surface area contributed by atoms with E-state index < -0.39 is 0 Å². The van der Waals surface area contributed by atoms with Crippen molar-refractivity contribution in [3.05, 3.63) is 0 Å². The van der Waals surface area contributed by atoms with E-state index in [-0.39, 0.29) is 8.41 Å². The zero-order chi connectivity index (χ0) is 9.94. The van der Waals surface area contributed by atoms with Crippen molar-refractivity contribution in [1.82, 2.24) is 0 Å². The van der Waals surface area contributed by atoms with Gasteiger partial charge in [0.05, 0.1) is 8.41 Å². The Kier molecular flexibility index (Phi) is 15.2. The first-order valence-corrected chi connectivity index (χ1v) is 5.62. The van der Waals surface area contributed by atoms with Crippen LogP contribution < -0.4 is 5.73 Å². The molecule has 0 spiro atoms. The summed E-state index contributed by atoms with van der Waals surface area (Å²) in [6, 6.07) is 0. The maximum absolute atomic E-state index is 5.54. The second-order valence-corrected chi connectivity index (χ2v) is 3.63. The quantitative estimate of drug-likeness (QED) is 0.452. The van der Waals surface area contributed by atoms with Crippen LogP contribution in [0.25, 0.3) is 0 Å². The summed E-state index contributed by atoms with van der Waals surface area (Å²) in [7, 11) is 0. The number of hydrogen-bond donors (Lipinski definition) is 1. The van der Waals surface area contributed by atoms with Crippen LogP contribution in [-0.2, 0) is 4.74 Å². The highest BCUT2D eigenvalue weighted by Gasteiger charge is 2.04. The van der Waals surface area contributed by atoms with Crippen molar-refractivity contribution >= 4 is 8.41 Å². The van der Waals surface area contributed by atoms with Gasteiger partial charge in [0.1, 0.15) is 0 Å². The largest absolute Gasteiger partial charge is 0.381 e. The molecule has 0 saturated heterocycles. The molecule has 2 nitrogen and oxygen atoms in total. The fourth-order valence-corrected chi connectivity index (χ4v) is 1.33. The van der Waals surface area contributed by atoms with Gasteiger partial charge in [-0.05, 0) is 25.3 Å². The summed E-state index contributed by atoms with van der Waals surface area (Å²) >= 11 is 0. The molecular weight excluding hydrogens is 173 g/mol. The zero-order valence-electron chi connectivity index (χ0n) is 9.22. The number of nitrogens with two attached hydrogens (primary N) is 1. The number of unbranched alkanes of at least 4 members (excludes halogenated alkanes) is 1. The molecule has 0 fully saturated rings. The highest BCUT2D eigenvalue weighted by Crippen LogP contribution is 2.12. The second kappa shape index (κ2) is 13.0. The minimum atomic E-state index is 0. The first-order chi connectivity index (χ1) is 6.35. The lowest BCUT2D eigenvalue weighted by Crippen LogP contribution is -2.11. The third kappa shape index (κ3) is 10.1. The Morgan fingerprint density at radius 3 is 2.43 bits per heavy atom. The van der Waals surface area contributed by atoms with Gasteiger partial charge in [-0.1, -0.05) is 33.1 Å². The molecule has 14 heavy (non-hydrogen) atoms. The molecule has 0 aromatic heterocycles. The Morgan fingerprint density at radius 1 is 1.21 bits per heavy atom. The highest BCUT2D eigenvalue weighted by molar-refractivity contribution is 5.75. The van der Waals surface area contributed by atoms with E-state index in [1.54, 1.807) is 0 Å². The van der Waals surface area contributed by atoms with Crippen LogP contribution in [-0.4, -0.2) is 28.2 Å². The number of rotatable bonds is 9. The summed E-state index contributed by atoms with van der Waals surface area (Å²) in [6.07, 6.45) is 6.17. The molecule has 0 aliphatic rings. The van der Waals surface area contributed by atoms with E-state index in [0.717, 1.165) is 32.1 Å². The van der Waals surface area contributed by atoms with Gasteiger partial charge in [-0.15, -0.1) is 0 Å². The molecule has 86 valence electrons. The lowest BCUT2D eigenvalue weighted by molar-refractivity contribution is 0.0933. The molecule has 0 aliphatic heterocycles. The number of hydrogen-bond acceptors (Lipinski definition) is 2. The SMILES string of the molecule is B.CCCCC(CC)COCCCN. The number of ether oxygens (including phenoxy) is 1. The fraction of sp³-hybridized carbons (Fsp3) is 1.00. The molecule has 0 rings (SSSR count). The maximum atomic E-state index is 5.54. The average Bonchev–Trinajstić information content (AvgIpc) is 2.17. The highest BCUT2D eigenvalue weighted by atomic mass is 16.5. The Balaban J connectivity index is 0. The molecule has 0 heterocycles. The van der Waals surface area contributed by atoms with E-state index >= 15 is 0 Å². The monoisotopic (exact) mass is 201 g/mol. The van der Waals surface area contributed by atoms with Gasteiger partial charge in [0.15, 0.2) is 0 Å². The maximum Gasteiger partial charge on any atom is 0.0814 e. The van der Waals surface area contributed by atoms with Gasteiger partial charge in [-0.3, -0.25) is 0 Å². The molecule has 1 unspecified atom stereocenters. The third-order valence-electron chi connectivity index (χ3n) is 2.39. The van der Waals surface area contributed by atoms with Gasteiger partial charge >= 0.3 is 0 Å². The van der Waals surface area contributed by atoms with E-state index in [4.69, 9.17) is 10.5 Å². The van der Waals surface area contributed by atoms with E-state index in [1.165, 1.54) is 25.7 Å². The van der Waals surface area contributed by atoms with Crippen molar-refractivity contribution < 1.29 is 4.74 Å². The molecule has 0 amide bonds. The average molecular weight is 201 g/mol. The van der Waals surface area contributed by atoms with Gasteiger partial charge < -0.3 is 10.5 Å². The summed E-state index contributed by atoms with van der Waals surface area (Å²) in [4.78, 5) is 0. The van der Waals surface area contributed by atoms with Crippen LogP contribution in [0.4, 0.5) is 0 Å². The standard InChI is InChI=1S/C11H25NO.BH3/c1-3-5-7-11(4-2)10-13-9-6-8-12;/h11H,3-10,12H2,1-2H3;1H3. The predicted octanol–water partition coefficient (Wildman–Crippen LogP) is 1.38. The van der Waals surface area contributed by atoms with E-state index in [9.17, 15) is 0 Å². The first kappa shape index (κ1) is 16.4. The normalized spacial score (nSPS) is 12.2. The molecule has 3 heteroatoms. The van der Waals surface area contributed by atoms with E-state index in [1.807, 2.05) is 0 Å². The molecular formula is C11H28BNO. The smallest absolute Gasteiger partial charge is 0.0814 e. The van der Waals surface area contributed by atoms with Crippen molar-refractivity contribution in [3.8, 4) is 0 Å². The van der Waals surface area contributed by atoms with Crippen LogP contribution in [0.1, 0.15) is 46.0 Å². The van der Waals surface area contributed by atoms with Crippen molar-refractivity contribution in [3.63, 3.8) is 0 Å². The topological polar surface area (TPSA) is 35.2 Å². The molecule has 1 atom stereocenters. The minimum Gasteiger partial charge on any atom is -0.381 e. The zero-order valence-corrected chi connectivity index (χ0v) is 9.22. The van der Waals surface area contributed by atoms with Crippen LogP contribution >= 0.6 is 0 Å².